The van der Waals surface area contributed by atoms with E-state index >= 15 is 0 Å². The molecule has 0 amide bonds. The molecule has 0 bridgehead atoms. The van der Waals surface area contributed by atoms with Crippen molar-refractivity contribution in [2.75, 3.05) is 39.6 Å². The fourth-order valence-electron chi connectivity index (χ4n) is 11.0. The first-order valence-corrected chi connectivity index (χ1v) is 42.2. The lowest BCUT2D eigenvalue weighted by Gasteiger charge is -2.21. The van der Waals surface area contributed by atoms with E-state index in [9.17, 15) is 43.2 Å². The number of aliphatic hydroxyl groups is 1. The van der Waals surface area contributed by atoms with Crippen LogP contribution >= 0.6 is 15.6 Å². The minimum Gasteiger partial charge on any atom is -0.462 e. The van der Waals surface area contributed by atoms with E-state index in [1.54, 1.807) is 0 Å². The standard InChI is InChI=1S/C77H144O17P2/c1-5-9-13-17-21-25-29-33-35-39-41-45-49-53-57-61-74(79)87-67-72(93-76(81)63-59-55-51-47-43-37-31-27-23-19-15-11-7-3)69-91-95(83,84)89-65-71(78)66-90-96(85,86)92-70-73(94-77(82)64-60-56-52-48-44-38-32-28-24-20-16-12-8-4)68-88-75(80)62-58-54-50-46-42-40-36-34-30-26-22-18-14-10-6-2/h25-27,29-31,71-73,78H,5-24,28,32-70H2,1-4H3,(H,83,84)(H,85,86)/b29-25-,30-26-,31-27-/t71-,72-,73-/m1/s1. The number of phosphoric ester groups is 2. The van der Waals surface area contributed by atoms with Gasteiger partial charge in [-0.3, -0.25) is 37.3 Å². The molecule has 17 nitrogen and oxygen atoms in total. The molecule has 0 aliphatic heterocycles. The van der Waals surface area contributed by atoms with E-state index in [4.69, 9.17) is 37.0 Å². The van der Waals surface area contributed by atoms with Gasteiger partial charge in [0.25, 0.3) is 0 Å². The summed E-state index contributed by atoms with van der Waals surface area (Å²) in [6.07, 6.45) is 65.5. The van der Waals surface area contributed by atoms with E-state index in [2.05, 4.69) is 64.2 Å². The summed E-state index contributed by atoms with van der Waals surface area (Å²) in [5.74, 6) is -2.15. The van der Waals surface area contributed by atoms with Crippen LogP contribution in [0.1, 0.15) is 374 Å². The minimum absolute atomic E-state index is 0.0904. The summed E-state index contributed by atoms with van der Waals surface area (Å²) in [5.41, 5.74) is 0. The topological polar surface area (TPSA) is 237 Å². The predicted octanol–water partition coefficient (Wildman–Crippen LogP) is 22.3. The highest BCUT2D eigenvalue weighted by atomic mass is 31.2. The second kappa shape index (κ2) is 70.7. The van der Waals surface area contributed by atoms with Crippen LogP contribution in [-0.2, 0) is 65.4 Å². The van der Waals surface area contributed by atoms with Crippen LogP contribution in [0.25, 0.3) is 0 Å². The summed E-state index contributed by atoms with van der Waals surface area (Å²) in [6.45, 7) is 4.89. The van der Waals surface area contributed by atoms with Gasteiger partial charge < -0.3 is 33.8 Å². The lowest BCUT2D eigenvalue weighted by atomic mass is 10.0. The summed E-state index contributed by atoms with van der Waals surface area (Å²) in [5, 5.41) is 10.6. The number of aliphatic hydroxyl groups excluding tert-OH is 1. The van der Waals surface area contributed by atoms with Gasteiger partial charge >= 0.3 is 39.5 Å². The van der Waals surface area contributed by atoms with Crippen molar-refractivity contribution >= 4 is 39.5 Å². The Bertz CT molecular complexity index is 1970. The van der Waals surface area contributed by atoms with Crippen molar-refractivity contribution in [3.63, 3.8) is 0 Å². The van der Waals surface area contributed by atoms with Gasteiger partial charge in [0, 0.05) is 25.7 Å². The number of rotatable bonds is 75. The fraction of sp³-hybridized carbons (Fsp3) is 0.870. The summed E-state index contributed by atoms with van der Waals surface area (Å²) in [4.78, 5) is 72.8. The quantitative estimate of drug-likeness (QED) is 0.0169. The Hall–Kier alpha value is -2.72. The largest absolute Gasteiger partial charge is 0.472 e. The molecular weight excluding hydrogens is 1260 g/mol. The maximum Gasteiger partial charge on any atom is 0.472 e. The molecule has 96 heavy (non-hydrogen) atoms. The van der Waals surface area contributed by atoms with Crippen molar-refractivity contribution in [2.24, 2.45) is 0 Å². The van der Waals surface area contributed by atoms with Crippen LogP contribution in [0.2, 0.25) is 0 Å². The molecule has 564 valence electrons. The number of carbonyl (C=O) groups excluding carboxylic acids is 4. The van der Waals surface area contributed by atoms with Gasteiger partial charge in [-0.1, -0.05) is 282 Å². The van der Waals surface area contributed by atoms with Crippen LogP contribution in [0, 0.1) is 0 Å². The normalized spacial score (nSPS) is 14.1. The van der Waals surface area contributed by atoms with Gasteiger partial charge in [0.15, 0.2) is 12.2 Å². The number of carbonyl (C=O) groups is 4. The lowest BCUT2D eigenvalue weighted by Crippen LogP contribution is -2.30. The number of phosphoric acid groups is 2. The molecule has 0 aromatic rings. The average Bonchev–Trinajstić information content (AvgIpc) is 1.14. The molecule has 19 heteroatoms. The van der Waals surface area contributed by atoms with Crippen LogP contribution in [0.5, 0.6) is 0 Å². The molecule has 5 atom stereocenters. The van der Waals surface area contributed by atoms with Gasteiger partial charge in [0.1, 0.15) is 19.3 Å². The third-order valence-electron chi connectivity index (χ3n) is 17.1. The molecule has 0 spiro atoms. The number of hydrogen-bond donors (Lipinski definition) is 3. The Morgan fingerprint density at radius 1 is 0.281 bits per heavy atom. The molecular formula is C77H144O17P2. The SMILES string of the molecule is CCCCCC/C=C\CCCCCCCCCC(=O)OC[C@H](COP(=O)(O)OC[C@@H](O)COP(=O)(O)OC[C@@H](COC(=O)CCCCCCCCC/C=C\CCCCCC)OC(=O)CCCCCCCCCCCCCCC)OC(=O)CCCCCCC/C=C\CCCCCC. The highest BCUT2D eigenvalue weighted by Crippen LogP contribution is 2.45. The highest BCUT2D eigenvalue weighted by Gasteiger charge is 2.30. The number of unbranched alkanes of at least 4 members (excludes halogenated alkanes) is 43. The third kappa shape index (κ3) is 69.7. The monoisotopic (exact) mass is 1400 g/mol. The van der Waals surface area contributed by atoms with Crippen LogP contribution in [-0.4, -0.2) is 96.7 Å². The summed E-state index contributed by atoms with van der Waals surface area (Å²) >= 11 is 0. The van der Waals surface area contributed by atoms with Crippen LogP contribution in [0.4, 0.5) is 0 Å². The maximum atomic E-state index is 13.1. The maximum absolute atomic E-state index is 13.1. The van der Waals surface area contributed by atoms with Crippen molar-refractivity contribution in [1.82, 2.24) is 0 Å². The molecule has 0 saturated carbocycles. The first-order valence-electron chi connectivity index (χ1n) is 39.2. The molecule has 0 fully saturated rings. The zero-order valence-electron chi connectivity index (χ0n) is 61.6. The van der Waals surface area contributed by atoms with E-state index in [1.165, 1.54) is 154 Å². The van der Waals surface area contributed by atoms with Gasteiger partial charge in [-0.2, -0.15) is 0 Å². The Kier molecular flexibility index (Phi) is 68.7. The summed E-state index contributed by atoms with van der Waals surface area (Å²) in [7, 11) is -9.93. The zero-order chi connectivity index (χ0) is 70.4. The fourth-order valence-corrected chi connectivity index (χ4v) is 12.6. The van der Waals surface area contributed by atoms with Crippen molar-refractivity contribution in [1.29, 1.82) is 0 Å². The van der Waals surface area contributed by atoms with E-state index in [0.29, 0.717) is 25.7 Å². The molecule has 0 saturated heterocycles. The van der Waals surface area contributed by atoms with Crippen molar-refractivity contribution in [2.45, 2.75) is 393 Å². The van der Waals surface area contributed by atoms with Crippen molar-refractivity contribution < 1.29 is 80.2 Å². The van der Waals surface area contributed by atoms with Crippen molar-refractivity contribution in [3.05, 3.63) is 36.5 Å². The smallest absolute Gasteiger partial charge is 0.462 e. The van der Waals surface area contributed by atoms with Gasteiger partial charge in [0.2, 0.25) is 0 Å². The summed E-state index contributed by atoms with van der Waals surface area (Å²) < 4.78 is 68.5. The number of esters is 4. The first kappa shape index (κ1) is 93.3. The first-order chi connectivity index (χ1) is 46.7. The van der Waals surface area contributed by atoms with Crippen LogP contribution in [0.15, 0.2) is 36.5 Å². The van der Waals surface area contributed by atoms with E-state index in [0.717, 1.165) is 141 Å². The third-order valence-corrected chi connectivity index (χ3v) is 19.0. The van der Waals surface area contributed by atoms with E-state index < -0.39 is 97.5 Å². The molecule has 0 aromatic heterocycles. The molecule has 3 N–H and O–H groups in total. The number of ether oxygens (including phenoxy) is 4. The van der Waals surface area contributed by atoms with Crippen molar-refractivity contribution in [3.8, 4) is 0 Å². The number of hydrogen-bond acceptors (Lipinski definition) is 15. The minimum atomic E-state index is -4.97. The van der Waals surface area contributed by atoms with E-state index in [1.807, 2.05) is 0 Å². The van der Waals surface area contributed by atoms with Crippen LogP contribution in [0.3, 0.4) is 0 Å². The summed E-state index contributed by atoms with van der Waals surface area (Å²) in [6, 6.07) is 0. The predicted molar refractivity (Wildman–Crippen MR) is 391 cm³/mol. The van der Waals surface area contributed by atoms with Gasteiger partial charge in [0.05, 0.1) is 26.4 Å². The van der Waals surface area contributed by atoms with Gasteiger partial charge in [-0.25, -0.2) is 9.13 Å². The molecule has 0 aliphatic rings. The Labute approximate surface area is 585 Å². The zero-order valence-corrected chi connectivity index (χ0v) is 63.4. The van der Waals surface area contributed by atoms with Gasteiger partial charge in [-0.15, -0.1) is 0 Å². The Balaban J connectivity index is 5.30. The molecule has 0 rings (SSSR count). The molecule has 2 unspecified atom stereocenters. The molecule has 0 heterocycles. The Morgan fingerprint density at radius 2 is 0.479 bits per heavy atom. The Morgan fingerprint density at radius 3 is 0.729 bits per heavy atom. The number of allylic oxidation sites excluding steroid dienone is 6. The van der Waals surface area contributed by atoms with Crippen LogP contribution < -0.4 is 0 Å². The molecule has 0 radical (unpaired) electrons. The van der Waals surface area contributed by atoms with E-state index in [-0.39, 0.29) is 25.7 Å². The lowest BCUT2D eigenvalue weighted by molar-refractivity contribution is -0.161. The average molecular weight is 1400 g/mol. The second-order valence-corrected chi connectivity index (χ2v) is 29.6. The molecule has 0 aromatic carbocycles. The van der Waals surface area contributed by atoms with Gasteiger partial charge in [-0.05, 0) is 103 Å². The highest BCUT2D eigenvalue weighted by molar-refractivity contribution is 7.47. The second-order valence-electron chi connectivity index (χ2n) is 26.7. The molecule has 0 aliphatic carbocycles.